The number of carbonyl (C=O) groups is 2. The summed E-state index contributed by atoms with van der Waals surface area (Å²) < 4.78 is 5.44. The first-order valence-electron chi connectivity index (χ1n) is 11.0. The van der Waals surface area contributed by atoms with E-state index < -0.39 is 0 Å². The number of ether oxygens (including phenoxy) is 1. The van der Waals surface area contributed by atoms with Crippen LogP contribution in [0.1, 0.15) is 48.7 Å². The van der Waals surface area contributed by atoms with E-state index >= 15 is 0 Å². The first-order valence-corrected chi connectivity index (χ1v) is 11.0. The van der Waals surface area contributed by atoms with Gasteiger partial charge in [-0.15, -0.1) is 0 Å². The molecule has 0 fully saturated rings. The van der Waals surface area contributed by atoms with Crippen molar-refractivity contribution < 1.29 is 14.3 Å². The van der Waals surface area contributed by atoms with Gasteiger partial charge in [0.25, 0.3) is 5.91 Å². The van der Waals surface area contributed by atoms with Gasteiger partial charge in [-0.25, -0.2) is 0 Å². The number of hydrogen-bond acceptors (Lipinski definition) is 3. The number of benzene rings is 3. The van der Waals surface area contributed by atoms with E-state index in [0.717, 1.165) is 16.9 Å². The van der Waals surface area contributed by atoms with Crippen LogP contribution in [0.3, 0.4) is 0 Å². The van der Waals surface area contributed by atoms with Crippen LogP contribution in [0.4, 0.5) is 11.4 Å². The Labute approximate surface area is 189 Å². The number of carbonyl (C=O) groups excluding carboxylic acids is 2. The van der Waals surface area contributed by atoms with E-state index in [2.05, 4.69) is 0 Å². The van der Waals surface area contributed by atoms with Crippen LogP contribution in [0.15, 0.2) is 78.9 Å². The summed E-state index contributed by atoms with van der Waals surface area (Å²) in [5.74, 6) is 0.512. The van der Waals surface area contributed by atoms with Gasteiger partial charge < -0.3 is 14.5 Å². The van der Waals surface area contributed by atoms with Crippen molar-refractivity contribution in [1.29, 1.82) is 0 Å². The fraction of sp³-hybridized carbons (Fsp3) is 0.259. The first-order chi connectivity index (χ1) is 15.6. The third-order valence-electron chi connectivity index (χ3n) is 6.03. The molecule has 5 heteroatoms. The van der Waals surface area contributed by atoms with Crippen LogP contribution < -0.4 is 14.5 Å². The number of amides is 2. The number of fused-ring (bicyclic) bond motifs is 1. The molecule has 4 rings (SSSR count). The van der Waals surface area contributed by atoms with E-state index in [-0.39, 0.29) is 23.9 Å². The normalized spacial score (nSPS) is 17.4. The van der Waals surface area contributed by atoms with E-state index in [1.54, 1.807) is 19.2 Å². The van der Waals surface area contributed by atoms with Crippen molar-refractivity contribution in [3.05, 3.63) is 90.0 Å². The molecule has 0 radical (unpaired) electrons. The highest BCUT2D eigenvalue weighted by atomic mass is 16.5. The minimum Gasteiger partial charge on any atom is -0.496 e. The molecule has 3 aromatic carbocycles. The predicted molar refractivity (Wildman–Crippen MR) is 127 cm³/mol. The van der Waals surface area contributed by atoms with Crippen LogP contribution >= 0.6 is 0 Å². The zero-order chi connectivity index (χ0) is 22.7. The van der Waals surface area contributed by atoms with Gasteiger partial charge in [-0.05, 0) is 49.2 Å². The van der Waals surface area contributed by atoms with Gasteiger partial charge >= 0.3 is 0 Å². The molecule has 2 amide bonds. The minimum absolute atomic E-state index is 0.0627. The van der Waals surface area contributed by atoms with Gasteiger partial charge in [0.15, 0.2) is 0 Å². The third-order valence-corrected chi connectivity index (χ3v) is 6.03. The Bertz CT molecular complexity index is 1110. The highest BCUT2D eigenvalue weighted by molar-refractivity contribution is 6.09. The first kappa shape index (κ1) is 21.6. The molecule has 0 saturated carbocycles. The average Bonchev–Trinajstić information content (AvgIpc) is 2.84. The van der Waals surface area contributed by atoms with Crippen molar-refractivity contribution in [3.8, 4) is 5.75 Å². The number of methoxy groups -OCH3 is 1. The molecule has 0 spiro atoms. The number of para-hydroxylation sites is 3. The van der Waals surface area contributed by atoms with Gasteiger partial charge in [-0.3, -0.25) is 9.59 Å². The third kappa shape index (κ3) is 3.86. The highest BCUT2D eigenvalue weighted by Gasteiger charge is 2.38. The second-order valence-corrected chi connectivity index (χ2v) is 7.99. The maximum absolute atomic E-state index is 13.7. The van der Waals surface area contributed by atoms with Crippen molar-refractivity contribution >= 4 is 23.2 Å². The van der Waals surface area contributed by atoms with Crippen LogP contribution in [0.5, 0.6) is 5.75 Å². The highest BCUT2D eigenvalue weighted by Crippen LogP contribution is 2.43. The van der Waals surface area contributed by atoms with Crippen molar-refractivity contribution in [1.82, 2.24) is 0 Å². The Kier molecular flexibility index (Phi) is 6.26. The quantitative estimate of drug-likeness (QED) is 0.530. The maximum atomic E-state index is 13.7. The summed E-state index contributed by atoms with van der Waals surface area (Å²) in [7, 11) is 1.57. The molecule has 3 aromatic rings. The van der Waals surface area contributed by atoms with Crippen LogP contribution in [0.2, 0.25) is 0 Å². The number of hydrogen-bond donors (Lipinski definition) is 0. The Morgan fingerprint density at radius 3 is 2.34 bits per heavy atom. The summed E-state index contributed by atoms with van der Waals surface area (Å²) in [4.78, 5) is 30.5. The van der Waals surface area contributed by atoms with Gasteiger partial charge in [-0.2, -0.15) is 0 Å². The van der Waals surface area contributed by atoms with E-state index in [1.165, 1.54) is 0 Å². The Morgan fingerprint density at radius 1 is 0.969 bits per heavy atom. The SMILES string of the molecule is CCC(=O)N(c1ccccc1)[C@@H]1C[C@H](C)N(C(=O)c2ccccc2OC)c2ccccc21. The Morgan fingerprint density at radius 2 is 1.62 bits per heavy atom. The number of rotatable bonds is 5. The van der Waals surface area contributed by atoms with Crippen molar-refractivity contribution in [3.63, 3.8) is 0 Å². The molecule has 1 heterocycles. The van der Waals surface area contributed by atoms with Crippen molar-refractivity contribution in [2.75, 3.05) is 16.9 Å². The molecule has 2 atom stereocenters. The smallest absolute Gasteiger partial charge is 0.262 e. The zero-order valence-corrected chi connectivity index (χ0v) is 18.7. The lowest BCUT2D eigenvalue weighted by molar-refractivity contribution is -0.118. The molecule has 0 unspecified atom stereocenters. The molecular weight excluding hydrogens is 400 g/mol. The molecule has 1 aliphatic rings. The molecule has 1 aliphatic heterocycles. The second kappa shape index (κ2) is 9.27. The predicted octanol–water partition coefficient (Wildman–Crippen LogP) is 5.62. The second-order valence-electron chi connectivity index (χ2n) is 7.99. The lowest BCUT2D eigenvalue weighted by atomic mass is 9.89. The summed E-state index contributed by atoms with van der Waals surface area (Å²) in [6.07, 6.45) is 1.05. The van der Waals surface area contributed by atoms with E-state index in [4.69, 9.17) is 4.74 Å². The lowest BCUT2D eigenvalue weighted by Crippen LogP contribution is -2.47. The summed E-state index contributed by atoms with van der Waals surface area (Å²) in [6.45, 7) is 3.92. The fourth-order valence-corrected chi connectivity index (χ4v) is 4.54. The van der Waals surface area contributed by atoms with E-state index in [1.807, 2.05) is 90.4 Å². The van der Waals surface area contributed by atoms with Crippen molar-refractivity contribution in [2.45, 2.75) is 38.8 Å². The number of nitrogens with zero attached hydrogens (tertiary/aromatic N) is 2. The summed E-state index contributed by atoms with van der Waals surface area (Å²) in [6, 6.07) is 24.7. The Balaban J connectivity index is 1.80. The molecule has 164 valence electrons. The summed E-state index contributed by atoms with van der Waals surface area (Å²) in [5, 5.41) is 0. The number of anilines is 2. The van der Waals surface area contributed by atoms with Gasteiger partial charge in [0.1, 0.15) is 5.75 Å². The molecule has 0 saturated heterocycles. The van der Waals surface area contributed by atoms with E-state index in [9.17, 15) is 9.59 Å². The molecule has 0 N–H and O–H groups in total. The van der Waals surface area contributed by atoms with Crippen LogP contribution in [0.25, 0.3) is 0 Å². The Hall–Kier alpha value is -3.60. The summed E-state index contributed by atoms with van der Waals surface area (Å²) in [5.41, 5.74) is 3.20. The van der Waals surface area contributed by atoms with Crippen LogP contribution in [-0.4, -0.2) is 25.0 Å². The van der Waals surface area contributed by atoms with Gasteiger partial charge in [-0.1, -0.05) is 55.5 Å². The average molecular weight is 429 g/mol. The van der Waals surface area contributed by atoms with Gasteiger partial charge in [0.05, 0.1) is 18.7 Å². The zero-order valence-electron chi connectivity index (χ0n) is 18.7. The topological polar surface area (TPSA) is 49.9 Å². The summed E-state index contributed by atoms with van der Waals surface area (Å²) >= 11 is 0. The van der Waals surface area contributed by atoms with Crippen LogP contribution in [0, 0.1) is 0 Å². The molecule has 0 aliphatic carbocycles. The molecule has 0 bridgehead atoms. The fourth-order valence-electron chi connectivity index (χ4n) is 4.54. The van der Waals surface area contributed by atoms with Gasteiger partial charge in [0, 0.05) is 23.8 Å². The van der Waals surface area contributed by atoms with Gasteiger partial charge in [0.2, 0.25) is 5.91 Å². The van der Waals surface area contributed by atoms with E-state index in [0.29, 0.717) is 24.2 Å². The maximum Gasteiger partial charge on any atom is 0.262 e. The largest absolute Gasteiger partial charge is 0.496 e. The molecule has 32 heavy (non-hydrogen) atoms. The van der Waals surface area contributed by atoms with Crippen LogP contribution in [-0.2, 0) is 4.79 Å². The lowest BCUT2D eigenvalue weighted by Gasteiger charge is -2.43. The minimum atomic E-state index is -0.155. The monoisotopic (exact) mass is 428 g/mol. The molecular formula is C27H28N2O3. The molecule has 0 aromatic heterocycles. The molecule has 5 nitrogen and oxygen atoms in total. The standard InChI is InChI=1S/C27H28N2O3/c1-4-26(30)29(20-12-6-5-7-13-20)24-18-19(2)28(23-16-10-8-14-21(23)24)27(31)22-15-9-11-17-25(22)32-3/h5-17,19,24H,4,18H2,1-3H3/t19-,24+/m0/s1. The van der Waals surface area contributed by atoms with Crippen molar-refractivity contribution in [2.24, 2.45) is 0 Å².